The molecule has 0 fully saturated rings. The first kappa shape index (κ1) is 35.2. The maximum Gasteiger partial charge on any atom is 2.00 e. The molecule has 4 N–H and O–H groups in total. The number of phenolic OH excluding ortho intramolecular Hbond substituents is 2. The number of phenols is 2. The second kappa shape index (κ2) is 16.6. The summed E-state index contributed by atoms with van der Waals surface area (Å²) in [5.74, 6) is -2.43. The monoisotopic (exact) mass is 705 g/mol. The van der Waals surface area contributed by atoms with Crippen LogP contribution < -0.4 is 21.1 Å². The largest absolute Gasteiger partial charge is 2.00 e. The standard InChI is InChI=1S/2C14H10Cl2N2O3.Co/c2*15-9-5-8(13(20)11(16)6-9)7-17-18-14(21)10-3-1-2-4-12(10)19;/h2*1-7,19-20H,(H,18,21);/q;;+2/p-2/b17-7+;17-7-;. The summed E-state index contributed by atoms with van der Waals surface area (Å²) in [6.07, 6.45) is 2.27. The van der Waals surface area contributed by atoms with Crippen LogP contribution in [0.1, 0.15) is 31.8 Å². The number of hydrogen-bond acceptors (Lipinski definition) is 8. The molecule has 0 saturated heterocycles. The number of carbonyl (C=O) groups is 2. The molecule has 0 aliphatic rings. The quantitative estimate of drug-likeness (QED) is 0.161. The van der Waals surface area contributed by atoms with Crippen LogP contribution in [0.2, 0.25) is 20.1 Å². The fourth-order valence-electron chi connectivity index (χ4n) is 3.12. The van der Waals surface area contributed by atoms with Crippen molar-refractivity contribution in [3.8, 4) is 23.0 Å². The molecule has 10 nitrogen and oxygen atoms in total. The second-order valence-electron chi connectivity index (χ2n) is 8.04. The zero-order valence-electron chi connectivity index (χ0n) is 21.3. The van der Waals surface area contributed by atoms with Gasteiger partial charge in [0.05, 0.1) is 23.6 Å². The van der Waals surface area contributed by atoms with Crippen molar-refractivity contribution >= 4 is 70.6 Å². The first-order chi connectivity index (χ1) is 20.0. The number of nitrogens with one attached hydrogen (secondary N) is 2. The van der Waals surface area contributed by atoms with E-state index >= 15 is 0 Å². The summed E-state index contributed by atoms with van der Waals surface area (Å²) in [7, 11) is 0. The van der Waals surface area contributed by atoms with Gasteiger partial charge in [-0.05, 0) is 59.7 Å². The van der Waals surface area contributed by atoms with Gasteiger partial charge in [-0.3, -0.25) is 9.59 Å². The average molecular weight is 707 g/mol. The molecule has 0 bridgehead atoms. The zero-order valence-corrected chi connectivity index (χ0v) is 25.4. The normalized spacial score (nSPS) is 10.5. The minimum absolute atomic E-state index is 0. The van der Waals surface area contributed by atoms with Crippen LogP contribution in [0.4, 0.5) is 0 Å². The molecule has 0 atom stereocenters. The van der Waals surface area contributed by atoms with E-state index in [4.69, 9.17) is 46.4 Å². The first-order valence-corrected chi connectivity index (χ1v) is 13.0. The Hall–Kier alpha value is -3.97. The number of benzene rings is 4. The first-order valence-electron chi connectivity index (χ1n) is 11.5. The van der Waals surface area contributed by atoms with Gasteiger partial charge in [0.15, 0.2) is 0 Å². The molecule has 0 aliphatic heterocycles. The van der Waals surface area contributed by atoms with Gasteiger partial charge in [-0.1, -0.05) is 82.2 Å². The number of hydrogen-bond donors (Lipinski definition) is 4. The minimum atomic E-state index is -0.607. The molecule has 4 rings (SSSR count). The molecule has 0 unspecified atom stereocenters. The second-order valence-corrected chi connectivity index (χ2v) is 9.73. The average Bonchev–Trinajstić information content (AvgIpc) is 2.94. The van der Waals surface area contributed by atoms with Crippen LogP contribution >= 0.6 is 46.4 Å². The smallest absolute Gasteiger partial charge is 0.871 e. The van der Waals surface area contributed by atoms with Gasteiger partial charge in [-0.15, -0.1) is 0 Å². The van der Waals surface area contributed by atoms with Crippen molar-refractivity contribution in [2.75, 3.05) is 0 Å². The molecule has 2 amide bonds. The van der Waals surface area contributed by atoms with Gasteiger partial charge in [0.1, 0.15) is 11.5 Å². The third-order valence-corrected chi connectivity index (χ3v) is 6.11. The Bertz CT molecular complexity index is 1560. The van der Waals surface area contributed by atoms with Crippen molar-refractivity contribution in [2.45, 2.75) is 0 Å². The van der Waals surface area contributed by atoms with Gasteiger partial charge in [-0.25, -0.2) is 10.9 Å². The van der Waals surface area contributed by atoms with Gasteiger partial charge >= 0.3 is 16.8 Å². The number of amides is 2. The number of para-hydroxylation sites is 2. The molecule has 0 aromatic heterocycles. The van der Waals surface area contributed by atoms with E-state index in [1.165, 1.54) is 48.5 Å². The van der Waals surface area contributed by atoms with Crippen LogP contribution in [0.25, 0.3) is 0 Å². The van der Waals surface area contributed by atoms with Gasteiger partial charge in [0.2, 0.25) is 0 Å². The van der Waals surface area contributed by atoms with E-state index in [0.717, 1.165) is 12.4 Å². The summed E-state index contributed by atoms with van der Waals surface area (Å²) in [5, 5.41) is 50.2. The molecule has 0 aliphatic carbocycles. The van der Waals surface area contributed by atoms with Gasteiger partial charge in [0.25, 0.3) is 11.8 Å². The van der Waals surface area contributed by atoms with Crippen LogP contribution in [-0.2, 0) is 16.8 Å². The number of hydrazone groups is 2. The molecule has 223 valence electrons. The SMILES string of the molecule is O=C(N/N=C/c1cc(Cl)cc(Cl)c1[O-])c1ccccc1O.O=C(N/N=C\c1cc(Cl)cc(Cl)c1[O-])c1ccccc1O.[Co+2]. The molecule has 43 heavy (non-hydrogen) atoms. The molecule has 15 heteroatoms. The fraction of sp³-hybridized carbons (Fsp3) is 0. The Morgan fingerprint density at radius 3 is 1.35 bits per heavy atom. The van der Waals surface area contributed by atoms with Crippen molar-refractivity contribution in [2.24, 2.45) is 10.2 Å². The molecule has 0 spiro atoms. The number of halogens is 4. The Balaban J connectivity index is 0.000000293. The molecule has 4 aromatic rings. The topological polar surface area (TPSA) is 169 Å². The maximum absolute atomic E-state index is 11.8. The molecular weight excluding hydrogens is 689 g/mol. The number of rotatable bonds is 6. The third kappa shape index (κ3) is 10.1. The van der Waals surface area contributed by atoms with Crippen LogP contribution in [-0.4, -0.2) is 34.5 Å². The Kier molecular flexibility index (Phi) is 13.6. The van der Waals surface area contributed by atoms with Crippen LogP contribution in [0, 0.1) is 0 Å². The van der Waals surface area contributed by atoms with Crippen LogP contribution in [0.5, 0.6) is 23.0 Å². The number of aromatic hydroxyl groups is 2. The summed E-state index contributed by atoms with van der Waals surface area (Å²) in [6, 6.07) is 17.4. The van der Waals surface area contributed by atoms with E-state index in [1.54, 1.807) is 24.3 Å². The van der Waals surface area contributed by atoms with Crippen LogP contribution in [0.15, 0.2) is 83.0 Å². The predicted molar refractivity (Wildman–Crippen MR) is 158 cm³/mol. The van der Waals surface area contributed by atoms with Crippen molar-refractivity contribution in [3.63, 3.8) is 0 Å². The summed E-state index contributed by atoms with van der Waals surface area (Å²) in [4.78, 5) is 23.5. The molecule has 4 aromatic carbocycles. The van der Waals surface area contributed by atoms with E-state index in [2.05, 4.69) is 21.1 Å². The third-order valence-electron chi connectivity index (χ3n) is 5.11. The Morgan fingerprint density at radius 1 is 0.651 bits per heavy atom. The summed E-state index contributed by atoms with van der Waals surface area (Å²) in [5.41, 5.74) is 4.83. The molecular formula is C28H18Cl4CoN4O6. The van der Waals surface area contributed by atoms with E-state index in [-0.39, 0.29) is 70.6 Å². The van der Waals surface area contributed by atoms with Crippen molar-refractivity contribution in [3.05, 3.63) is 115 Å². The Labute approximate surface area is 275 Å². The Morgan fingerprint density at radius 2 is 1.00 bits per heavy atom. The summed E-state index contributed by atoms with van der Waals surface area (Å²) >= 11 is 22.9. The van der Waals surface area contributed by atoms with E-state index < -0.39 is 23.3 Å². The van der Waals surface area contributed by atoms with Crippen molar-refractivity contribution in [1.29, 1.82) is 0 Å². The maximum atomic E-state index is 11.8. The molecule has 1 radical (unpaired) electrons. The van der Waals surface area contributed by atoms with E-state index in [1.807, 2.05) is 0 Å². The van der Waals surface area contributed by atoms with Gasteiger partial charge in [-0.2, -0.15) is 10.2 Å². The molecule has 0 heterocycles. The fourth-order valence-corrected chi connectivity index (χ4v) is 4.14. The number of nitrogens with zero attached hydrogens (tertiary/aromatic N) is 2. The van der Waals surface area contributed by atoms with Crippen molar-refractivity contribution < 1.29 is 46.8 Å². The van der Waals surface area contributed by atoms with Gasteiger partial charge in [0, 0.05) is 20.1 Å². The summed E-state index contributed by atoms with van der Waals surface area (Å²) < 4.78 is 0. The van der Waals surface area contributed by atoms with Crippen molar-refractivity contribution in [1.82, 2.24) is 10.9 Å². The predicted octanol–water partition coefficient (Wildman–Crippen LogP) is 5.07. The molecule has 0 saturated carbocycles. The van der Waals surface area contributed by atoms with Gasteiger partial charge < -0.3 is 20.4 Å². The van der Waals surface area contributed by atoms with E-state index in [9.17, 15) is 30.0 Å². The summed E-state index contributed by atoms with van der Waals surface area (Å²) in [6.45, 7) is 0. The minimum Gasteiger partial charge on any atom is -0.871 e. The van der Waals surface area contributed by atoms with Crippen LogP contribution in [0.3, 0.4) is 0 Å². The number of carbonyl (C=O) groups excluding carboxylic acids is 2. The zero-order chi connectivity index (χ0) is 30.8. The van der Waals surface area contributed by atoms with E-state index in [0.29, 0.717) is 0 Å².